The van der Waals surface area contributed by atoms with E-state index in [1.54, 1.807) is 4.90 Å². The molecule has 0 aliphatic carbocycles. The number of aryl methyl sites for hydroxylation is 1. The van der Waals surface area contributed by atoms with Crippen molar-refractivity contribution in [3.05, 3.63) is 49.4 Å². The van der Waals surface area contributed by atoms with E-state index in [1.165, 1.54) is 6.33 Å². The minimum atomic E-state index is -0.640. The van der Waals surface area contributed by atoms with Crippen molar-refractivity contribution in [2.75, 3.05) is 18.0 Å². The number of benzene rings is 1. The number of aromatic nitrogens is 2. The molecule has 152 valence electrons. The molecule has 3 heterocycles. The normalized spacial score (nSPS) is 17.8. The standard InChI is InChI=1S/C19H18Cl2N4O4/c1-10-7-13-14(11(2)15(10)20)12(26)8-19(29-13)3-5-24(6-4-19)18-16(25(27)28)17(21)22-9-23-18/h7,9H,3-6,8H2,1-2H3. The molecule has 1 spiro atoms. The number of anilines is 1. The zero-order chi connectivity index (χ0) is 20.9. The van der Waals surface area contributed by atoms with Crippen LogP contribution in [0.5, 0.6) is 5.75 Å². The predicted octanol–water partition coefficient (Wildman–Crippen LogP) is 4.31. The fraction of sp³-hybridized carbons (Fsp3) is 0.421. The molecule has 10 heteroatoms. The molecular weight excluding hydrogens is 419 g/mol. The van der Waals surface area contributed by atoms with Gasteiger partial charge in [-0.25, -0.2) is 9.97 Å². The Kier molecular flexibility index (Phi) is 4.86. The Hall–Kier alpha value is -2.45. The number of halogens is 2. The van der Waals surface area contributed by atoms with Crippen LogP contribution in [-0.4, -0.2) is 39.4 Å². The second-order valence-corrected chi connectivity index (χ2v) is 8.21. The molecule has 1 fully saturated rings. The summed E-state index contributed by atoms with van der Waals surface area (Å²) in [6.07, 6.45) is 2.51. The Morgan fingerprint density at radius 1 is 1.24 bits per heavy atom. The highest BCUT2D eigenvalue weighted by molar-refractivity contribution is 6.33. The van der Waals surface area contributed by atoms with Crippen LogP contribution in [0.25, 0.3) is 0 Å². The predicted molar refractivity (Wildman–Crippen MR) is 108 cm³/mol. The van der Waals surface area contributed by atoms with Gasteiger partial charge in [-0.2, -0.15) is 0 Å². The van der Waals surface area contributed by atoms with Crippen molar-refractivity contribution in [3.8, 4) is 5.75 Å². The van der Waals surface area contributed by atoms with Gasteiger partial charge >= 0.3 is 5.69 Å². The highest BCUT2D eigenvalue weighted by Gasteiger charge is 2.45. The monoisotopic (exact) mass is 436 g/mol. The third-order valence-electron chi connectivity index (χ3n) is 5.65. The number of hydrogen-bond acceptors (Lipinski definition) is 7. The van der Waals surface area contributed by atoms with Gasteiger partial charge in [-0.3, -0.25) is 14.9 Å². The Morgan fingerprint density at radius 2 is 1.93 bits per heavy atom. The van der Waals surface area contributed by atoms with Crippen LogP contribution >= 0.6 is 23.2 Å². The van der Waals surface area contributed by atoms with E-state index in [2.05, 4.69) is 9.97 Å². The highest BCUT2D eigenvalue weighted by atomic mass is 35.5. The van der Waals surface area contributed by atoms with Gasteiger partial charge in [-0.05, 0) is 31.0 Å². The number of hydrogen-bond donors (Lipinski definition) is 0. The van der Waals surface area contributed by atoms with Gasteiger partial charge in [-0.1, -0.05) is 23.2 Å². The minimum Gasteiger partial charge on any atom is -0.486 e. The summed E-state index contributed by atoms with van der Waals surface area (Å²) < 4.78 is 6.33. The first-order valence-corrected chi connectivity index (χ1v) is 9.90. The summed E-state index contributed by atoms with van der Waals surface area (Å²) in [5.41, 5.74) is 1.20. The molecule has 29 heavy (non-hydrogen) atoms. The van der Waals surface area contributed by atoms with Crippen LogP contribution in [-0.2, 0) is 0 Å². The summed E-state index contributed by atoms with van der Waals surface area (Å²) in [6, 6.07) is 1.81. The van der Waals surface area contributed by atoms with E-state index in [0.29, 0.717) is 42.3 Å². The SMILES string of the molecule is Cc1cc2c(c(C)c1Cl)C(=O)CC1(CCN(c3ncnc(Cl)c3[N+](=O)[O-])CC1)O2. The molecule has 0 saturated carbocycles. The zero-order valence-electron chi connectivity index (χ0n) is 15.9. The van der Waals surface area contributed by atoms with E-state index in [-0.39, 0.29) is 28.9 Å². The second kappa shape index (κ2) is 7.11. The van der Waals surface area contributed by atoms with Crippen molar-refractivity contribution in [1.29, 1.82) is 0 Å². The summed E-state index contributed by atoms with van der Waals surface area (Å²) in [5.74, 6) is 0.756. The van der Waals surface area contributed by atoms with Gasteiger partial charge in [-0.15, -0.1) is 0 Å². The van der Waals surface area contributed by atoms with Crippen molar-refractivity contribution in [2.24, 2.45) is 0 Å². The van der Waals surface area contributed by atoms with E-state index in [1.807, 2.05) is 19.9 Å². The molecule has 1 saturated heterocycles. The molecule has 1 aromatic heterocycles. The molecule has 2 aliphatic heterocycles. The van der Waals surface area contributed by atoms with E-state index in [0.717, 1.165) is 11.1 Å². The molecular formula is C19H18Cl2N4O4. The number of rotatable bonds is 2. The lowest BCUT2D eigenvalue weighted by Gasteiger charge is -2.44. The van der Waals surface area contributed by atoms with Crippen LogP contribution in [0, 0.1) is 24.0 Å². The number of piperidine rings is 1. The Labute approximate surface area is 176 Å². The lowest BCUT2D eigenvalue weighted by molar-refractivity contribution is -0.384. The van der Waals surface area contributed by atoms with Crippen molar-refractivity contribution < 1.29 is 14.5 Å². The molecule has 0 N–H and O–H groups in total. The first kappa shape index (κ1) is 19.8. The molecule has 2 aliphatic rings. The van der Waals surface area contributed by atoms with E-state index in [4.69, 9.17) is 27.9 Å². The van der Waals surface area contributed by atoms with E-state index >= 15 is 0 Å². The van der Waals surface area contributed by atoms with Crippen molar-refractivity contribution in [1.82, 2.24) is 9.97 Å². The number of carbonyl (C=O) groups excluding carboxylic acids is 1. The maximum absolute atomic E-state index is 12.9. The summed E-state index contributed by atoms with van der Waals surface area (Å²) in [7, 11) is 0. The fourth-order valence-electron chi connectivity index (χ4n) is 4.14. The molecule has 0 radical (unpaired) electrons. The molecule has 0 amide bonds. The molecule has 8 nitrogen and oxygen atoms in total. The van der Waals surface area contributed by atoms with Gasteiger partial charge in [0.2, 0.25) is 11.0 Å². The summed E-state index contributed by atoms with van der Waals surface area (Å²) in [4.78, 5) is 33.3. The van der Waals surface area contributed by atoms with Crippen LogP contribution in [0.1, 0.15) is 40.7 Å². The lowest BCUT2D eigenvalue weighted by atomic mass is 9.81. The van der Waals surface area contributed by atoms with Crippen LogP contribution in [0.3, 0.4) is 0 Å². The van der Waals surface area contributed by atoms with Crippen LogP contribution in [0.2, 0.25) is 10.2 Å². The smallest absolute Gasteiger partial charge is 0.348 e. The van der Waals surface area contributed by atoms with E-state index in [9.17, 15) is 14.9 Å². The van der Waals surface area contributed by atoms with Crippen molar-refractivity contribution in [3.63, 3.8) is 0 Å². The zero-order valence-corrected chi connectivity index (χ0v) is 17.4. The maximum Gasteiger partial charge on any atom is 0.348 e. The van der Waals surface area contributed by atoms with Crippen LogP contribution < -0.4 is 9.64 Å². The van der Waals surface area contributed by atoms with Gasteiger partial charge in [0.1, 0.15) is 17.7 Å². The largest absolute Gasteiger partial charge is 0.486 e. The average Bonchev–Trinajstić information content (AvgIpc) is 2.66. The minimum absolute atomic E-state index is 0.00941. The van der Waals surface area contributed by atoms with Gasteiger partial charge in [0, 0.05) is 31.0 Å². The number of nitrogens with zero attached hydrogens (tertiary/aromatic N) is 4. The summed E-state index contributed by atoms with van der Waals surface area (Å²) in [5, 5.41) is 11.8. The topological polar surface area (TPSA) is 98.5 Å². The number of Topliss-reactive ketones (excluding diaryl/α,β-unsaturated/α-hetero) is 1. The van der Waals surface area contributed by atoms with Crippen LogP contribution in [0.15, 0.2) is 12.4 Å². The third kappa shape index (κ3) is 3.30. The first-order valence-electron chi connectivity index (χ1n) is 9.14. The van der Waals surface area contributed by atoms with E-state index < -0.39 is 10.5 Å². The van der Waals surface area contributed by atoms with Gasteiger partial charge in [0.05, 0.1) is 16.9 Å². The molecule has 1 aromatic carbocycles. The lowest BCUT2D eigenvalue weighted by Crippen LogP contribution is -2.51. The Balaban J connectivity index is 1.60. The number of fused-ring (bicyclic) bond motifs is 1. The molecule has 2 aromatic rings. The number of ether oxygens (including phenoxy) is 1. The molecule has 0 bridgehead atoms. The quantitative estimate of drug-likeness (QED) is 0.392. The number of carbonyl (C=O) groups is 1. The fourth-order valence-corrected chi connectivity index (χ4v) is 4.49. The molecule has 0 unspecified atom stereocenters. The molecule has 0 atom stereocenters. The van der Waals surface area contributed by atoms with Gasteiger partial charge in [0.25, 0.3) is 0 Å². The number of ketones is 1. The van der Waals surface area contributed by atoms with Gasteiger partial charge in [0.15, 0.2) is 5.78 Å². The summed E-state index contributed by atoms with van der Waals surface area (Å²) in [6.45, 7) is 4.60. The highest BCUT2D eigenvalue weighted by Crippen LogP contribution is 2.44. The average molecular weight is 437 g/mol. The Bertz CT molecular complexity index is 1040. The first-order chi connectivity index (χ1) is 13.7. The third-order valence-corrected chi connectivity index (χ3v) is 6.51. The Morgan fingerprint density at radius 3 is 2.59 bits per heavy atom. The maximum atomic E-state index is 12.9. The molecule has 4 rings (SSSR count). The van der Waals surface area contributed by atoms with Gasteiger partial charge < -0.3 is 9.64 Å². The second-order valence-electron chi connectivity index (χ2n) is 7.47. The summed E-state index contributed by atoms with van der Waals surface area (Å²) >= 11 is 12.2. The van der Waals surface area contributed by atoms with Crippen molar-refractivity contribution in [2.45, 2.75) is 38.7 Å². The van der Waals surface area contributed by atoms with Crippen LogP contribution in [0.4, 0.5) is 11.5 Å². The number of nitro groups is 1. The van der Waals surface area contributed by atoms with Crippen molar-refractivity contribution >= 4 is 40.5 Å².